The highest BCUT2D eigenvalue weighted by atomic mass is 16.6. The number of nitrogens with zero attached hydrogens (tertiary/aromatic N) is 2. The van der Waals surface area contributed by atoms with Crippen molar-refractivity contribution in [3.63, 3.8) is 0 Å². The third-order valence-electron chi connectivity index (χ3n) is 5.66. The fraction of sp³-hybridized carbons (Fsp3) is 0.632. The monoisotopic (exact) mass is 346 g/mol. The molecule has 0 radical (unpaired) electrons. The Labute approximate surface area is 148 Å². The maximum atomic E-state index is 13.2. The molecule has 0 aliphatic carbocycles. The minimum Gasteiger partial charge on any atom is -0.493 e. The molecule has 3 heterocycles. The summed E-state index contributed by atoms with van der Waals surface area (Å²) in [5.41, 5.74) is 0.619. The van der Waals surface area contributed by atoms with Gasteiger partial charge in [0.25, 0.3) is 5.91 Å². The minimum absolute atomic E-state index is 0.0677. The van der Waals surface area contributed by atoms with E-state index >= 15 is 0 Å². The van der Waals surface area contributed by atoms with Crippen molar-refractivity contribution in [1.82, 2.24) is 9.80 Å². The van der Waals surface area contributed by atoms with Gasteiger partial charge in [-0.2, -0.15) is 0 Å². The average Bonchev–Trinajstić information content (AvgIpc) is 3.28. The largest absolute Gasteiger partial charge is 0.493 e. The van der Waals surface area contributed by atoms with E-state index in [0.29, 0.717) is 48.1 Å². The van der Waals surface area contributed by atoms with Gasteiger partial charge in [0.05, 0.1) is 7.11 Å². The van der Waals surface area contributed by atoms with Gasteiger partial charge in [-0.15, -0.1) is 0 Å². The number of rotatable bonds is 3. The molecule has 2 atom stereocenters. The molecule has 4 rings (SSSR count). The molecule has 1 aromatic carbocycles. The lowest BCUT2D eigenvalue weighted by Crippen LogP contribution is -2.47. The topological polar surface area (TPSA) is 51.2 Å². The molecular weight excluding hydrogens is 320 g/mol. The van der Waals surface area contributed by atoms with E-state index in [1.165, 1.54) is 12.8 Å². The first-order valence-corrected chi connectivity index (χ1v) is 9.18. The standard InChI is InChI=1S/C19H26N2O4/c1-20-7-3-5-14(20)15-6-4-8-21(15)19(22)13-11-16(23-2)18-17(12-13)24-9-10-25-18/h11-12,14-15H,3-10H2,1-2H3/t14-,15-/m0/s1. The Hall–Kier alpha value is -1.95. The number of carbonyl (C=O) groups is 1. The normalized spacial score (nSPS) is 26.1. The first-order chi connectivity index (χ1) is 12.2. The summed E-state index contributed by atoms with van der Waals surface area (Å²) in [7, 11) is 3.76. The van der Waals surface area contributed by atoms with E-state index in [2.05, 4.69) is 16.8 Å². The van der Waals surface area contributed by atoms with Crippen LogP contribution in [0.25, 0.3) is 0 Å². The van der Waals surface area contributed by atoms with Crippen LogP contribution in [0.2, 0.25) is 0 Å². The lowest BCUT2D eigenvalue weighted by Gasteiger charge is -2.33. The number of likely N-dealkylation sites (N-methyl/N-ethyl adjacent to an activating group) is 1. The van der Waals surface area contributed by atoms with Gasteiger partial charge in [-0.3, -0.25) is 4.79 Å². The number of hydrogen-bond acceptors (Lipinski definition) is 5. The molecule has 6 heteroatoms. The van der Waals surface area contributed by atoms with Crippen molar-refractivity contribution in [2.75, 3.05) is 40.5 Å². The molecule has 0 bridgehead atoms. The van der Waals surface area contributed by atoms with Crippen molar-refractivity contribution in [2.24, 2.45) is 0 Å². The summed E-state index contributed by atoms with van der Waals surface area (Å²) >= 11 is 0. The number of carbonyl (C=O) groups excluding carboxylic acids is 1. The predicted octanol–water partition coefficient (Wildman–Crippen LogP) is 2.17. The summed E-state index contributed by atoms with van der Waals surface area (Å²) in [5, 5.41) is 0. The van der Waals surface area contributed by atoms with Crippen LogP contribution in [0.5, 0.6) is 17.2 Å². The van der Waals surface area contributed by atoms with Crippen molar-refractivity contribution in [3.8, 4) is 17.2 Å². The predicted molar refractivity (Wildman–Crippen MR) is 93.7 cm³/mol. The van der Waals surface area contributed by atoms with Gasteiger partial charge in [-0.25, -0.2) is 0 Å². The molecule has 0 aromatic heterocycles. The van der Waals surface area contributed by atoms with Crippen LogP contribution in [0.15, 0.2) is 12.1 Å². The summed E-state index contributed by atoms with van der Waals surface area (Å²) in [4.78, 5) is 17.7. The number of hydrogen-bond donors (Lipinski definition) is 0. The van der Waals surface area contributed by atoms with E-state index < -0.39 is 0 Å². The third-order valence-corrected chi connectivity index (χ3v) is 5.66. The molecule has 3 aliphatic rings. The van der Waals surface area contributed by atoms with Gasteiger partial charge < -0.3 is 24.0 Å². The van der Waals surface area contributed by atoms with Crippen LogP contribution < -0.4 is 14.2 Å². The Balaban J connectivity index is 1.61. The second-order valence-corrected chi connectivity index (χ2v) is 7.10. The summed E-state index contributed by atoms with van der Waals surface area (Å²) in [6.07, 6.45) is 4.55. The average molecular weight is 346 g/mol. The van der Waals surface area contributed by atoms with E-state index in [0.717, 1.165) is 25.9 Å². The zero-order valence-electron chi connectivity index (χ0n) is 15.0. The number of fused-ring (bicyclic) bond motifs is 1. The molecule has 2 fully saturated rings. The van der Waals surface area contributed by atoms with Crippen LogP contribution in [0.3, 0.4) is 0 Å². The SMILES string of the molecule is COc1cc(C(=O)N2CCC[C@H]2[C@@H]2CCCN2C)cc2c1OCCO2. The van der Waals surface area contributed by atoms with Crippen molar-refractivity contribution in [1.29, 1.82) is 0 Å². The molecule has 0 spiro atoms. The molecule has 2 saturated heterocycles. The van der Waals surface area contributed by atoms with Gasteiger partial charge in [-0.1, -0.05) is 0 Å². The van der Waals surface area contributed by atoms with Crippen LogP contribution >= 0.6 is 0 Å². The second-order valence-electron chi connectivity index (χ2n) is 7.10. The van der Waals surface area contributed by atoms with Gasteiger partial charge in [0, 0.05) is 24.2 Å². The maximum Gasteiger partial charge on any atom is 0.254 e. The quantitative estimate of drug-likeness (QED) is 0.840. The second kappa shape index (κ2) is 6.75. The Kier molecular flexibility index (Phi) is 4.46. The Morgan fingerprint density at radius 2 is 1.88 bits per heavy atom. The fourth-order valence-corrected chi connectivity index (χ4v) is 4.43. The van der Waals surface area contributed by atoms with Crippen LogP contribution in [-0.2, 0) is 0 Å². The number of amides is 1. The Morgan fingerprint density at radius 3 is 2.64 bits per heavy atom. The summed E-state index contributed by atoms with van der Waals surface area (Å²) in [6, 6.07) is 4.36. The van der Waals surface area contributed by atoms with Crippen molar-refractivity contribution in [2.45, 2.75) is 37.8 Å². The van der Waals surface area contributed by atoms with E-state index in [1.807, 2.05) is 0 Å². The van der Waals surface area contributed by atoms with Gasteiger partial charge in [-0.05, 0) is 51.4 Å². The summed E-state index contributed by atoms with van der Waals surface area (Å²) < 4.78 is 16.7. The molecule has 0 N–H and O–H groups in total. The zero-order chi connectivity index (χ0) is 17.4. The van der Waals surface area contributed by atoms with Gasteiger partial charge in [0.2, 0.25) is 5.75 Å². The third kappa shape index (κ3) is 2.92. The number of ether oxygens (including phenoxy) is 3. The summed E-state index contributed by atoms with van der Waals surface area (Å²) in [6.45, 7) is 2.94. The number of benzene rings is 1. The van der Waals surface area contributed by atoms with Gasteiger partial charge in [0.1, 0.15) is 13.2 Å². The molecule has 6 nitrogen and oxygen atoms in total. The molecule has 0 saturated carbocycles. The van der Waals surface area contributed by atoms with Crippen molar-refractivity contribution >= 4 is 5.91 Å². The zero-order valence-corrected chi connectivity index (χ0v) is 15.0. The Bertz CT molecular complexity index is 646. The molecular formula is C19H26N2O4. The molecule has 0 unspecified atom stereocenters. The lowest BCUT2D eigenvalue weighted by molar-refractivity contribution is 0.0663. The first kappa shape index (κ1) is 16.5. The van der Waals surface area contributed by atoms with Crippen molar-refractivity contribution in [3.05, 3.63) is 17.7 Å². The summed E-state index contributed by atoms with van der Waals surface area (Å²) in [5.74, 6) is 1.83. The number of methoxy groups -OCH3 is 1. The van der Waals surface area contributed by atoms with Crippen LogP contribution in [0.1, 0.15) is 36.0 Å². The smallest absolute Gasteiger partial charge is 0.254 e. The van der Waals surface area contributed by atoms with E-state index in [9.17, 15) is 4.79 Å². The van der Waals surface area contributed by atoms with E-state index in [1.54, 1.807) is 19.2 Å². The Morgan fingerprint density at radius 1 is 1.12 bits per heavy atom. The molecule has 136 valence electrons. The van der Waals surface area contributed by atoms with E-state index in [4.69, 9.17) is 14.2 Å². The first-order valence-electron chi connectivity index (χ1n) is 9.18. The fourth-order valence-electron chi connectivity index (χ4n) is 4.43. The number of likely N-dealkylation sites (tertiary alicyclic amines) is 2. The van der Waals surface area contributed by atoms with Crippen LogP contribution in [-0.4, -0.2) is 68.3 Å². The van der Waals surface area contributed by atoms with Gasteiger partial charge in [0.15, 0.2) is 11.5 Å². The molecule has 1 aromatic rings. The van der Waals surface area contributed by atoms with E-state index in [-0.39, 0.29) is 5.91 Å². The van der Waals surface area contributed by atoms with Gasteiger partial charge >= 0.3 is 0 Å². The molecule has 25 heavy (non-hydrogen) atoms. The highest BCUT2D eigenvalue weighted by Gasteiger charge is 2.39. The molecule has 1 amide bonds. The lowest BCUT2D eigenvalue weighted by atomic mass is 10.0. The maximum absolute atomic E-state index is 13.2. The van der Waals surface area contributed by atoms with Crippen molar-refractivity contribution < 1.29 is 19.0 Å². The van der Waals surface area contributed by atoms with Crippen LogP contribution in [0.4, 0.5) is 0 Å². The van der Waals surface area contributed by atoms with Crippen LogP contribution in [0, 0.1) is 0 Å². The molecule has 3 aliphatic heterocycles. The highest BCUT2D eigenvalue weighted by molar-refractivity contribution is 5.96. The minimum atomic E-state index is 0.0677. The highest BCUT2D eigenvalue weighted by Crippen LogP contribution is 2.41.